The molecule has 0 amide bonds. The second-order valence-electron chi connectivity index (χ2n) is 3.71. The minimum Gasteiger partial charge on any atom is -0.395 e. The van der Waals surface area contributed by atoms with E-state index in [2.05, 4.69) is 0 Å². The van der Waals surface area contributed by atoms with Gasteiger partial charge in [0.25, 0.3) is 0 Å². The molecule has 1 aromatic carbocycles. The van der Waals surface area contributed by atoms with E-state index < -0.39 is 10.0 Å². The Bertz CT molecular complexity index is 498. The van der Waals surface area contributed by atoms with Crippen LogP contribution in [0.1, 0.15) is 5.56 Å². The minimum absolute atomic E-state index is 0.0607. The molecule has 102 valence electrons. The third-order valence-electron chi connectivity index (χ3n) is 2.53. The van der Waals surface area contributed by atoms with Gasteiger partial charge in [0, 0.05) is 18.1 Å². The van der Waals surface area contributed by atoms with Crippen LogP contribution in [0.5, 0.6) is 0 Å². The molecule has 0 saturated carbocycles. The number of aliphatic hydroxyl groups is 2. The second-order valence-corrected chi connectivity index (χ2v) is 6.03. The summed E-state index contributed by atoms with van der Waals surface area (Å²) < 4.78 is 25.7. The summed E-state index contributed by atoms with van der Waals surface area (Å²) in [6, 6.07) is 4.62. The van der Waals surface area contributed by atoms with E-state index in [0.717, 1.165) is 4.31 Å². The molecular formula is C11H16ClNO4S. The zero-order valence-electron chi connectivity index (χ0n) is 10.0. The lowest BCUT2D eigenvalue weighted by molar-refractivity contribution is 0.217. The summed E-state index contributed by atoms with van der Waals surface area (Å²) in [6.45, 7) is 0.882. The molecule has 0 heterocycles. The highest BCUT2D eigenvalue weighted by molar-refractivity contribution is 7.89. The van der Waals surface area contributed by atoms with Gasteiger partial charge in [0.15, 0.2) is 0 Å². The fourth-order valence-electron chi connectivity index (χ4n) is 1.58. The molecule has 1 aromatic rings. The van der Waals surface area contributed by atoms with Crippen molar-refractivity contribution in [3.05, 3.63) is 28.8 Å². The Labute approximate surface area is 112 Å². The van der Waals surface area contributed by atoms with Gasteiger partial charge >= 0.3 is 0 Å². The van der Waals surface area contributed by atoms with Gasteiger partial charge in [-0.15, -0.1) is 0 Å². The third-order valence-corrected chi connectivity index (χ3v) is 4.99. The highest BCUT2D eigenvalue weighted by Crippen LogP contribution is 2.25. The number of hydrogen-bond acceptors (Lipinski definition) is 4. The quantitative estimate of drug-likeness (QED) is 0.806. The van der Waals surface area contributed by atoms with E-state index in [-0.39, 0.29) is 31.2 Å². The van der Waals surface area contributed by atoms with Crippen molar-refractivity contribution in [1.82, 2.24) is 4.31 Å². The molecule has 1 rings (SSSR count). The van der Waals surface area contributed by atoms with Gasteiger partial charge < -0.3 is 10.2 Å². The van der Waals surface area contributed by atoms with Gasteiger partial charge in [-0.3, -0.25) is 0 Å². The Hall–Kier alpha value is -0.660. The number of rotatable bonds is 6. The molecule has 18 heavy (non-hydrogen) atoms. The summed E-state index contributed by atoms with van der Waals surface area (Å²) in [5, 5.41) is 18.1. The van der Waals surface area contributed by atoms with E-state index in [1.54, 1.807) is 19.1 Å². The normalized spacial score (nSPS) is 12.1. The summed E-state index contributed by atoms with van der Waals surface area (Å²) in [7, 11) is -3.75. The van der Waals surface area contributed by atoms with Crippen molar-refractivity contribution in [1.29, 1.82) is 0 Å². The van der Waals surface area contributed by atoms with Crippen LogP contribution in [0, 0.1) is 6.92 Å². The Kier molecular flexibility index (Phi) is 5.55. The molecule has 0 radical (unpaired) electrons. The zero-order chi connectivity index (χ0) is 13.8. The molecule has 0 spiro atoms. The monoisotopic (exact) mass is 293 g/mol. The van der Waals surface area contributed by atoms with E-state index >= 15 is 0 Å². The molecule has 0 aromatic heterocycles. The summed E-state index contributed by atoms with van der Waals surface area (Å²) in [5.41, 5.74) is 0.458. The SMILES string of the molecule is Cc1c(Cl)cccc1S(=O)(=O)N(CCO)CCO. The first-order valence-corrected chi connectivity index (χ1v) is 7.24. The zero-order valence-corrected chi connectivity index (χ0v) is 11.6. The van der Waals surface area contributed by atoms with E-state index in [4.69, 9.17) is 21.8 Å². The number of aliphatic hydroxyl groups excluding tert-OH is 2. The first-order valence-electron chi connectivity index (χ1n) is 5.42. The highest BCUT2D eigenvalue weighted by atomic mass is 35.5. The maximum atomic E-state index is 12.3. The van der Waals surface area contributed by atoms with Gasteiger partial charge in [-0.2, -0.15) is 4.31 Å². The minimum atomic E-state index is -3.75. The summed E-state index contributed by atoms with van der Waals surface area (Å²) >= 11 is 5.90. The number of benzene rings is 1. The van der Waals surface area contributed by atoms with Crippen LogP contribution in [0.2, 0.25) is 5.02 Å². The third kappa shape index (κ3) is 3.21. The van der Waals surface area contributed by atoms with Crippen molar-refractivity contribution < 1.29 is 18.6 Å². The molecule has 0 saturated heterocycles. The first-order chi connectivity index (χ1) is 8.45. The van der Waals surface area contributed by atoms with Crippen molar-refractivity contribution in [2.24, 2.45) is 0 Å². The molecule has 0 bridgehead atoms. The number of hydrogen-bond donors (Lipinski definition) is 2. The highest BCUT2D eigenvalue weighted by Gasteiger charge is 2.25. The first kappa shape index (κ1) is 15.4. The summed E-state index contributed by atoms with van der Waals surface area (Å²) in [6.07, 6.45) is 0. The average Bonchev–Trinajstić information content (AvgIpc) is 2.32. The molecule has 0 aliphatic rings. The van der Waals surface area contributed by atoms with Crippen LogP contribution >= 0.6 is 11.6 Å². The second kappa shape index (κ2) is 6.49. The Morgan fingerprint density at radius 2 is 1.78 bits per heavy atom. The van der Waals surface area contributed by atoms with Crippen LogP contribution in [0.4, 0.5) is 0 Å². The van der Waals surface area contributed by atoms with Gasteiger partial charge in [0.1, 0.15) is 0 Å². The van der Waals surface area contributed by atoms with Crippen molar-refractivity contribution in [3.8, 4) is 0 Å². The lowest BCUT2D eigenvalue weighted by Gasteiger charge is -2.21. The predicted octanol–water partition coefficient (Wildman–Crippen LogP) is 0.624. The molecule has 0 unspecified atom stereocenters. The van der Waals surface area contributed by atoms with Crippen LogP contribution in [0.25, 0.3) is 0 Å². The molecule has 0 fully saturated rings. The topological polar surface area (TPSA) is 77.8 Å². The van der Waals surface area contributed by atoms with Gasteiger partial charge in [-0.25, -0.2) is 8.42 Å². The smallest absolute Gasteiger partial charge is 0.243 e. The van der Waals surface area contributed by atoms with Crippen molar-refractivity contribution >= 4 is 21.6 Å². The maximum Gasteiger partial charge on any atom is 0.243 e. The lowest BCUT2D eigenvalue weighted by Crippen LogP contribution is -2.36. The maximum absolute atomic E-state index is 12.3. The average molecular weight is 294 g/mol. The molecule has 2 N–H and O–H groups in total. The van der Waals surface area contributed by atoms with Gasteiger partial charge in [-0.05, 0) is 24.6 Å². The fraction of sp³-hybridized carbons (Fsp3) is 0.455. The van der Waals surface area contributed by atoms with Crippen molar-refractivity contribution in [2.45, 2.75) is 11.8 Å². The summed E-state index contributed by atoms with van der Waals surface area (Å²) in [5.74, 6) is 0. The molecule has 0 atom stereocenters. The molecule has 0 aliphatic carbocycles. The van der Waals surface area contributed by atoms with Crippen molar-refractivity contribution in [2.75, 3.05) is 26.3 Å². The Morgan fingerprint density at radius 1 is 1.22 bits per heavy atom. The van der Waals surface area contributed by atoms with Gasteiger partial charge in [0.05, 0.1) is 18.1 Å². The number of sulfonamides is 1. The van der Waals surface area contributed by atoms with E-state index in [0.29, 0.717) is 10.6 Å². The van der Waals surface area contributed by atoms with Crippen LogP contribution in [0.3, 0.4) is 0 Å². The Balaban J connectivity index is 3.22. The molecule has 5 nitrogen and oxygen atoms in total. The van der Waals surface area contributed by atoms with Crippen molar-refractivity contribution in [3.63, 3.8) is 0 Å². The van der Waals surface area contributed by atoms with Gasteiger partial charge in [0.2, 0.25) is 10.0 Å². The van der Waals surface area contributed by atoms with E-state index in [1.165, 1.54) is 6.07 Å². The number of halogens is 1. The largest absolute Gasteiger partial charge is 0.395 e. The van der Waals surface area contributed by atoms with E-state index in [9.17, 15) is 8.42 Å². The fourth-order valence-corrected chi connectivity index (χ4v) is 3.48. The van der Waals surface area contributed by atoms with Crippen LogP contribution < -0.4 is 0 Å². The van der Waals surface area contributed by atoms with Crippen LogP contribution in [0.15, 0.2) is 23.1 Å². The van der Waals surface area contributed by atoms with Crippen LogP contribution in [-0.4, -0.2) is 49.2 Å². The Morgan fingerprint density at radius 3 is 2.28 bits per heavy atom. The molecule has 0 aliphatic heterocycles. The van der Waals surface area contributed by atoms with Gasteiger partial charge in [-0.1, -0.05) is 17.7 Å². The molecule has 7 heteroatoms. The molecular weight excluding hydrogens is 278 g/mol. The predicted molar refractivity (Wildman–Crippen MR) is 69.1 cm³/mol. The van der Waals surface area contributed by atoms with E-state index in [1.807, 2.05) is 0 Å². The standard InChI is InChI=1S/C11H16ClNO4S/c1-9-10(12)3-2-4-11(9)18(16,17)13(5-7-14)6-8-15/h2-4,14-15H,5-8H2,1H3. The number of nitrogens with zero attached hydrogens (tertiary/aromatic N) is 1. The lowest BCUT2D eigenvalue weighted by atomic mass is 10.2. The van der Waals surface area contributed by atoms with Crippen LogP contribution in [-0.2, 0) is 10.0 Å². The summed E-state index contributed by atoms with van der Waals surface area (Å²) in [4.78, 5) is 0.0944.